The molecule has 0 aliphatic heterocycles. The summed E-state index contributed by atoms with van der Waals surface area (Å²) in [5, 5.41) is 2.89. The van der Waals surface area contributed by atoms with Crippen molar-refractivity contribution in [2.24, 2.45) is 5.92 Å². The van der Waals surface area contributed by atoms with Crippen molar-refractivity contribution in [3.05, 3.63) is 53.6 Å². The maximum absolute atomic E-state index is 13.1. The molecule has 2 aromatic carbocycles. The Bertz CT molecular complexity index is 1000. The molecule has 30 heavy (non-hydrogen) atoms. The number of sulfonamides is 1. The van der Waals surface area contributed by atoms with E-state index in [0.29, 0.717) is 0 Å². The molecule has 6 nitrogen and oxygen atoms in total. The van der Waals surface area contributed by atoms with Crippen molar-refractivity contribution in [3.63, 3.8) is 0 Å². The average Bonchev–Trinajstić information content (AvgIpc) is 2.75. The van der Waals surface area contributed by atoms with Crippen LogP contribution in [0.2, 0.25) is 0 Å². The molecule has 0 saturated heterocycles. The van der Waals surface area contributed by atoms with Crippen LogP contribution in [0.5, 0.6) is 5.75 Å². The third kappa shape index (κ3) is 5.02. The van der Waals surface area contributed by atoms with Crippen molar-refractivity contribution >= 4 is 21.6 Å². The molecule has 1 saturated carbocycles. The molecule has 1 aliphatic carbocycles. The van der Waals surface area contributed by atoms with Crippen molar-refractivity contribution in [2.75, 3.05) is 12.4 Å². The zero-order chi connectivity index (χ0) is 21.7. The van der Waals surface area contributed by atoms with Crippen LogP contribution < -0.4 is 14.8 Å². The maximum Gasteiger partial charge on any atom is 0.255 e. The smallest absolute Gasteiger partial charge is 0.255 e. The molecular weight excluding hydrogens is 400 g/mol. The number of carbonyl (C=O) groups excluding carboxylic acids is 1. The number of para-hydroxylation sites is 1. The zero-order valence-corrected chi connectivity index (χ0v) is 18.6. The van der Waals surface area contributed by atoms with Gasteiger partial charge in [0.15, 0.2) is 0 Å². The second-order valence-electron chi connectivity index (χ2n) is 7.82. The molecule has 0 unspecified atom stereocenters. The molecule has 0 heterocycles. The summed E-state index contributed by atoms with van der Waals surface area (Å²) >= 11 is 0. The molecule has 2 aromatic rings. The predicted octanol–water partition coefficient (Wildman–Crippen LogP) is 4.37. The average molecular weight is 431 g/mol. The summed E-state index contributed by atoms with van der Waals surface area (Å²) in [6.45, 7) is 4.08. The van der Waals surface area contributed by atoms with Gasteiger partial charge in [0.05, 0.1) is 7.11 Å². The maximum atomic E-state index is 13.1. The molecule has 1 amide bonds. The Kier molecular flexibility index (Phi) is 7.15. The summed E-state index contributed by atoms with van der Waals surface area (Å²) in [7, 11) is -2.41. The molecule has 2 N–H and O–H groups in total. The summed E-state index contributed by atoms with van der Waals surface area (Å²) in [5.41, 5.74) is 2.00. The van der Waals surface area contributed by atoms with Gasteiger partial charge in [-0.25, -0.2) is 13.1 Å². The highest BCUT2D eigenvalue weighted by molar-refractivity contribution is 7.89. The van der Waals surface area contributed by atoms with E-state index in [1.165, 1.54) is 19.2 Å². The molecule has 1 fully saturated rings. The summed E-state index contributed by atoms with van der Waals surface area (Å²) in [4.78, 5) is 12.8. The van der Waals surface area contributed by atoms with Crippen molar-refractivity contribution in [2.45, 2.75) is 56.9 Å². The van der Waals surface area contributed by atoms with Crippen molar-refractivity contribution < 1.29 is 17.9 Å². The summed E-state index contributed by atoms with van der Waals surface area (Å²) < 4.78 is 34.4. The Morgan fingerprint density at radius 1 is 1.13 bits per heavy atom. The number of methoxy groups -OCH3 is 1. The van der Waals surface area contributed by atoms with E-state index in [1.54, 1.807) is 6.07 Å². The second-order valence-corrected chi connectivity index (χ2v) is 9.50. The van der Waals surface area contributed by atoms with E-state index in [1.807, 2.05) is 31.2 Å². The molecule has 0 aromatic heterocycles. The van der Waals surface area contributed by atoms with E-state index < -0.39 is 10.0 Å². The number of anilines is 1. The largest absolute Gasteiger partial charge is 0.495 e. The van der Waals surface area contributed by atoms with Crippen LogP contribution in [-0.2, 0) is 16.4 Å². The van der Waals surface area contributed by atoms with Crippen molar-refractivity contribution in [1.29, 1.82) is 0 Å². The molecule has 162 valence electrons. The van der Waals surface area contributed by atoms with Crippen LogP contribution in [0.3, 0.4) is 0 Å². The number of benzene rings is 2. The minimum absolute atomic E-state index is 0.0146. The number of aryl methyl sites for hydroxylation is 1. The molecule has 0 bridgehead atoms. The van der Waals surface area contributed by atoms with Gasteiger partial charge in [-0.3, -0.25) is 4.79 Å². The molecule has 2 atom stereocenters. The van der Waals surface area contributed by atoms with E-state index in [0.717, 1.165) is 43.4 Å². The van der Waals surface area contributed by atoms with Gasteiger partial charge in [0.2, 0.25) is 10.0 Å². The van der Waals surface area contributed by atoms with Crippen LogP contribution >= 0.6 is 0 Å². The number of rotatable bonds is 7. The standard InChI is InChI=1S/C23H30N2O4S/c1-4-17-10-6-8-12-20(17)24-23(26)18-13-14-21(29-3)22(15-18)30(27,28)25-19-11-7-5-9-16(19)2/h6,8,10,12-16,19,25H,4-5,7,9,11H2,1-3H3,(H,24,26)/t16-,19-/m0/s1. The quantitative estimate of drug-likeness (QED) is 0.683. The topological polar surface area (TPSA) is 84.5 Å². The monoisotopic (exact) mass is 430 g/mol. The molecule has 1 aliphatic rings. The lowest BCUT2D eigenvalue weighted by Crippen LogP contribution is -2.41. The molecule has 0 radical (unpaired) electrons. The van der Waals surface area contributed by atoms with Crippen LogP contribution in [0.15, 0.2) is 47.4 Å². The van der Waals surface area contributed by atoms with Gasteiger partial charge in [0, 0.05) is 17.3 Å². The lowest BCUT2D eigenvalue weighted by Gasteiger charge is -2.29. The van der Waals surface area contributed by atoms with E-state index in [2.05, 4.69) is 17.0 Å². The van der Waals surface area contributed by atoms with Gasteiger partial charge in [0.25, 0.3) is 5.91 Å². The summed E-state index contributed by atoms with van der Waals surface area (Å²) in [5.74, 6) is 0.133. The first-order valence-corrected chi connectivity index (χ1v) is 11.9. The minimum Gasteiger partial charge on any atom is -0.495 e. The van der Waals surface area contributed by atoms with Gasteiger partial charge in [0.1, 0.15) is 10.6 Å². The fraction of sp³-hybridized carbons (Fsp3) is 0.435. The summed E-state index contributed by atoms with van der Waals surface area (Å²) in [6.07, 6.45) is 4.73. The normalized spacial score (nSPS) is 19.3. The minimum atomic E-state index is -3.83. The summed E-state index contributed by atoms with van der Waals surface area (Å²) in [6, 6.07) is 11.9. The first-order chi connectivity index (χ1) is 14.4. The number of ether oxygens (including phenoxy) is 1. The van der Waals surface area contributed by atoms with E-state index in [9.17, 15) is 13.2 Å². The highest BCUT2D eigenvalue weighted by atomic mass is 32.2. The SMILES string of the molecule is CCc1ccccc1NC(=O)c1ccc(OC)c(S(=O)(=O)N[C@H]2CCCC[C@@H]2C)c1. The van der Waals surface area contributed by atoms with E-state index in [-0.39, 0.29) is 34.1 Å². The first kappa shape index (κ1) is 22.3. The van der Waals surface area contributed by atoms with Crippen molar-refractivity contribution in [3.8, 4) is 5.75 Å². The van der Waals surface area contributed by atoms with Crippen LogP contribution in [-0.4, -0.2) is 27.5 Å². The highest BCUT2D eigenvalue weighted by Gasteiger charge is 2.29. The van der Waals surface area contributed by atoms with Crippen molar-refractivity contribution in [1.82, 2.24) is 4.72 Å². The second kappa shape index (κ2) is 9.62. The fourth-order valence-corrected chi connectivity index (χ4v) is 5.50. The molecular formula is C23H30N2O4S. The van der Waals surface area contributed by atoms with E-state index >= 15 is 0 Å². The molecule has 7 heteroatoms. The third-order valence-electron chi connectivity index (χ3n) is 5.78. The lowest BCUT2D eigenvalue weighted by molar-refractivity contribution is 0.102. The van der Waals surface area contributed by atoms with Gasteiger partial charge in [-0.2, -0.15) is 0 Å². The Hall–Kier alpha value is -2.38. The van der Waals surface area contributed by atoms with Gasteiger partial charge in [-0.05, 0) is 55.0 Å². The lowest BCUT2D eigenvalue weighted by atomic mass is 9.87. The van der Waals surface area contributed by atoms with Gasteiger partial charge in [-0.15, -0.1) is 0 Å². The Balaban J connectivity index is 1.88. The van der Waals surface area contributed by atoms with E-state index in [4.69, 9.17) is 4.74 Å². The Labute approximate surface area is 179 Å². The Morgan fingerprint density at radius 3 is 2.57 bits per heavy atom. The number of carbonyl (C=O) groups is 1. The number of amides is 1. The van der Waals surface area contributed by atoms with Crippen LogP contribution in [0.1, 0.15) is 55.5 Å². The highest BCUT2D eigenvalue weighted by Crippen LogP contribution is 2.29. The number of nitrogens with one attached hydrogen (secondary N) is 2. The van der Waals surface area contributed by atoms with Gasteiger partial charge < -0.3 is 10.1 Å². The number of hydrogen-bond donors (Lipinski definition) is 2. The van der Waals surface area contributed by atoms with Crippen LogP contribution in [0.4, 0.5) is 5.69 Å². The predicted molar refractivity (Wildman–Crippen MR) is 119 cm³/mol. The third-order valence-corrected chi connectivity index (χ3v) is 7.29. The Morgan fingerprint density at radius 2 is 1.87 bits per heavy atom. The van der Waals surface area contributed by atoms with Crippen LogP contribution in [0, 0.1) is 5.92 Å². The van der Waals surface area contributed by atoms with Gasteiger partial charge in [-0.1, -0.05) is 44.9 Å². The zero-order valence-electron chi connectivity index (χ0n) is 17.8. The fourth-order valence-electron chi connectivity index (χ4n) is 3.93. The van der Waals surface area contributed by atoms with Crippen LogP contribution in [0.25, 0.3) is 0 Å². The first-order valence-electron chi connectivity index (χ1n) is 10.4. The molecule has 0 spiro atoms. The van der Waals surface area contributed by atoms with Gasteiger partial charge >= 0.3 is 0 Å². The number of hydrogen-bond acceptors (Lipinski definition) is 4. The molecule has 3 rings (SSSR count).